The van der Waals surface area contributed by atoms with Crippen LogP contribution in [0.1, 0.15) is 6.92 Å². The van der Waals surface area contributed by atoms with Gasteiger partial charge in [-0.05, 0) is 12.3 Å². The van der Waals surface area contributed by atoms with Crippen LogP contribution in [0.25, 0.3) is 0 Å². The number of Topliss-reactive ketones (excluding diaryl/α,β-unsaturated/α-hetero) is 1. The van der Waals surface area contributed by atoms with Crippen LogP contribution >= 0.6 is 23.4 Å². The van der Waals surface area contributed by atoms with Gasteiger partial charge in [-0.2, -0.15) is 0 Å². The second kappa shape index (κ2) is 3.11. The summed E-state index contributed by atoms with van der Waals surface area (Å²) < 4.78 is 2.84. The van der Waals surface area contributed by atoms with E-state index in [1.54, 1.807) is 12.3 Å². The number of alkyl halides is 1. The van der Waals surface area contributed by atoms with Gasteiger partial charge in [-0.3, -0.25) is 4.79 Å². The van der Waals surface area contributed by atoms with Gasteiger partial charge in [-0.15, -0.1) is 0 Å². The van der Waals surface area contributed by atoms with Crippen molar-refractivity contribution in [3.05, 3.63) is 11.0 Å². The van der Waals surface area contributed by atoms with Crippen molar-refractivity contribution >= 4 is 35.1 Å². The Morgan fingerprint density at radius 1 is 1.75 bits per heavy atom. The number of hydrogen-bond donors (Lipinski definition) is 0. The molecule has 0 saturated carbocycles. The Balaban J connectivity index is 2.91. The Hall–Kier alpha value is -0.480. The minimum absolute atomic E-state index is 0.388. The normalized spacial score (nSPS) is 28.6. The molecule has 5 heteroatoms. The molecule has 0 N–H and O–H groups in total. The van der Waals surface area contributed by atoms with Crippen LogP contribution in [0.3, 0.4) is 0 Å². The minimum Gasteiger partial charge on any atom is -0.467 e. The van der Waals surface area contributed by atoms with Crippen molar-refractivity contribution < 1.29 is 14.3 Å². The highest BCUT2D eigenvalue weighted by Crippen LogP contribution is 2.41. The zero-order chi connectivity index (χ0) is 9.35. The number of rotatable bonds is 1. The van der Waals surface area contributed by atoms with Crippen molar-refractivity contribution in [3.63, 3.8) is 0 Å². The summed E-state index contributed by atoms with van der Waals surface area (Å²) in [6.07, 6.45) is 0. The zero-order valence-corrected chi connectivity index (χ0v) is 8.16. The average Bonchev–Trinajstić information content (AvgIpc) is 2.33. The molecule has 0 aromatic rings. The number of hydrogen-bond acceptors (Lipinski definition) is 4. The van der Waals surface area contributed by atoms with Crippen LogP contribution < -0.4 is 0 Å². The lowest BCUT2D eigenvalue weighted by molar-refractivity contribution is -0.143. The van der Waals surface area contributed by atoms with Crippen LogP contribution in [0.4, 0.5) is 0 Å². The molecule has 0 aromatic heterocycles. The molecule has 1 unspecified atom stereocenters. The smallest absolute Gasteiger partial charge is 0.345 e. The van der Waals surface area contributed by atoms with E-state index < -0.39 is 10.2 Å². The molecule has 0 fully saturated rings. The van der Waals surface area contributed by atoms with E-state index in [9.17, 15) is 9.59 Å². The monoisotopic (exact) mass is 206 g/mol. The van der Waals surface area contributed by atoms with Gasteiger partial charge < -0.3 is 4.74 Å². The molecule has 0 aromatic carbocycles. The van der Waals surface area contributed by atoms with Crippen molar-refractivity contribution in [2.24, 2.45) is 0 Å². The standard InChI is InChI=1S/C7H7ClO3S/c1-4-3-12-7(8,5(4)9)6(10)11-2/h3H,1-2H3. The maximum Gasteiger partial charge on any atom is 0.345 e. The van der Waals surface area contributed by atoms with E-state index >= 15 is 0 Å². The summed E-state index contributed by atoms with van der Waals surface area (Å²) in [4.78, 5) is 22.4. The van der Waals surface area contributed by atoms with E-state index in [4.69, 9.17) is 11.6 Å². The molecule has 1 heterocycles. The molecule has 66 valence electrons. The SMILES string of the molecule is COC(=O)C1(Cl)SC=C(C)C1=O. The highest BCUT2D eigenvalue weighted by atomic mass is 35.5. The molecule has 1 aliphatic heterocycles. The van der Waals surface area contributed by atoms with E-state index in [0.717, 1.165) is 11.8 Å². The minimum atomic E-state index is -1.57. The average molecular weight is 207 g/mol. The van der Waals surface area contributed by atoms with E-state index in [1.807, 2.05) is 0 Å². The lowest BCUT2D eigenvalue weighted by atomic mass is 10.1. The van der Waals surface area contributed by atoms with Crippen LogP contribution in [-0.4, -0.2) is 23.1 Å². The molecule has 1 rings (SSSR count). The fraction of sp³-hybridized carbons (Fsp3) is 0.429. The summed E-state index contributed by atoms with van der Waals surface area (Å²) in [7, 11) is 1.20. The molecular formula is C7H7ClO3S. The topological polar surface area (TPSA) is 43.4 Å². The zero-order valence-electron chi connectivity index (χ0n) is 6.59. The summed E-state index contributed by atoms with van der Waals surface area (Å²) in [5.41, 5.74) is 0.486. The Labute approximate surface area is 79.1 Å². The number of ether oxygens (including phenoxy) is 1. The fourth-order valence-electron chi connectivity index (χ4n) is 0.802. The number of ketones is 1. The third kappa shape index (κ3) is 1.25. The maximum atomic E-state index is 11.3. The maximum absolute atomic E-state index is 11.3. The summed E-state index contributed by atoms with van der Waals surface area (Å²) in [5, 5.41) is 1.56. The Bertz CT molecular complexity index is 274. The predicted octanol–water partition coefficient (Wildman–Crippen LogP) is 1.31. The molecular weight excluding hydrogens is 200 g/mol. The molecule has 12 heavy (non-hydrogen) atoms. The molecule has 1 atom stereocenters. The lowest BCUT2D eigenvalue weighted by Gasteiger charge is -2.14. The van der Waals surface area contributed by atoms with Crippen LogP contribution in [-0.2, 0) is 14.3 Å². The molecule has 0 radical (unpaired) electrons. The summed E-state index contributed by atoms with van der Waals surface area (Å²) in [6, 6.07) is 0. The number of carbonyl (C=O) groups excluding carboxylic acids is 2. The van der Waals surface area contributed by atoms with Gasteiger partial charge in [0.25, 0.3) is 4.21 Å². The third-order valence-electron chi connectivity index (χ3n) is 1.50. The van der Waals surface area contributed by atoms with Crippen molar-refractivity contribution in [1.29, 1.82) is 0 Å². The second-order valence-electron chi connectivity index (χ2n) is 2.33. The Morgan fingerprint density at radius 2 is 2.33 bits per heavy atom. The van der Waals surface area contributed by atoms with Crippen LogP contribution in [0.5, 0.6) is 0 Å². The van der Waals surface area contributed by atoms with Gasteiger partial charge in [0.1, 0.15) is 0 Å². The van der Waals surface area contributed by atoms with Gasteiger partial charge in [-0.1, -0.05) is 23.4 Å². The first-order chi connectivity index (χ1) is 5.52. The van der Waals surface area contributed by atoms with Crippen LogP contribution in [0.2, 0.25) is 0 Å². The van der Waals surface area contributed by atoms with Crippen molar-refractivity contribution in [3.8, 4) is 0 Å². The van der Waals surface area contributed by atoms with Gasteiger partial charge in [0.05, 0.1) is 7.11 Å². The fourth-order valence-corrected chi connectivity index (χ4v) is 2.06. The molecule has 3 nitrogen and oxygen atoms in total. The third-order valence-corrected chi connectivity index (χ3v) is 3.24. The molecule has 0 spiro atoms. The van der Waals surface area contributed by atoms with Gasteiger partial charge in [0.15, 0.2) is 0 Å². The molecule has 1 aliphatic rings. The van der Waals surface area contributed by atoms with Gasteiger partial charge >= 0.3 is 5.97 Å². The summed E-state index contributed by atoms with van der Waals surface area (Å²) in [5.74, 6) is -1.10. The lowest BCUT2D eigenvalue weighted by Crippen LogP contribution is -2.36. The van der Waals surface area contributed by atoms with E-state index in [-0.39, 0.29) is 5.78 Å². The molecule has 0 saturated heterocycles. The number of methoxy groups -OCH3 is 1. The van der Waals surface area contributed by atoms with Crippen molar-refractivity contribution in [2.75, 3.05) is 7.11 Å². The first-order valence-electron chi connectivity index (χ1n) is 3.19. The highest BCUT2D eigenvalue weighted by molar-refractivity contribution is 8.06. The Morgan fingerprint density at radius 3 is 2.67 bits per heavy atom. The molecule has 0 bridgehead atoms. The van der Waals surface area contributed by atoms with E-state index in [2.05, 4.69) is 4.74 Å². The number of thioether (sulfide) groups is 1. The van der Waals surface area contributed by atoms with Crippen LogP contribution in [0.15, 0.2) is 11.0 Å². The first kappa shape index (κ1) is 9.61. The first-order valence-corrected chi connectivity index (χ1v) is 4.45. The number of allylic oxidation sites excluding steroid dienone is 1. The Kier molecular flexibility index (Phi) is 2.49. The predicted molar refractivity (Wildman–Crippen MR) is 47.0 cm³/mol. The highest BCUT2D eigenvalue weighted by Gasteiger charge is 2.49. The molecule has 0 aliphatic carbocycles. The van der Waals surface area contributed by atoms with E-state index in [0.29, 0.717) is 5.57 Å². The van der Waals surface area contributed by atoms with Gasteiger partial charge in [0, 0.05) is 5.57 Å². The van der Waals surface area contributed by atoms with Crippen molar-refractivity contribution in [2.45, 2.75) is 11.1 Å². The van der Waals surface area contributed by atoms with E-state index in [1.165, 1.54) is 7.11 Å². The summed E-state index contributed by atoms with van der Waals surface area (Å²) >= 11 is 6.73. The number of carbonyl (C=O) groups is 2. The number of halogens is 1. The van der Waals surface area contributed by atoms with Crippen molar-refractivity contribution in [1.82, 2.24) is 0 Å². The van der Waals surface area contributed by atoms with Gasteiger partial charge in [-0.25, -0.2) is 4.79 Å². The molecule has 0 amide bonds. The van der Waals surface area contributed by atoms with Gasteiger partial charge in [0.2, 0.25) is 5.78 Å². The largest absolute Gasteiger partial charge is 0.467 e. The quantitative estimate of drug-likeness (QED) is 0.369. The summed E-state index contributed by atoms with van der Waals surface area (Å²) in [6.45, 7) is 1.61. The second-order valence-corrected chi connectivity index (χ2v) is 4.21. The van der Waals surface area contributed by atoms with Crippen LogP contribution in [0, 0.1) is 0 Å². The number of esters is 1.